The molecule has 0 saturated heterocycles. The molecule has 0 radical (unpaired) electrons. The fourth-order valence-electron chi connectivity index (χ4n) is 2.17. The third-order valence-electron chi connectivity index (χ3n) is 3.19. The van der Waals surface area contributed by atoms with Gasteiger partial charge in [-0.15, -0.1) is 0 Å². The van der Waals surface area contributed by atoms with Crippen LogP contribution in [0.3, 0.4) is 0 Å². The van der Waals surface area contributed by atoms with Crippen molar-refractivity contribution in [3.05, 3.63) is 0 Å². The maximum atomic E-state index is 10.9. The van der Waals surface area contributed by atoms with E-state index in [1.807, 2.05) is 13.8 Å². The molecule has 13 heavy (non-hydrogen) atoms. The topological polar surface area (TPSA) is 54.4 Å². The average Bonchev–Trinajstić information content (AvgIpc) is 2.36. The van der Waals surface area contributed by atoms with E-state index in [4.69, 9.17) is 5.11 Å². The molecule has 2 atom stereocenters. The van der Waals surface area contributed by atoms with Crippen molar-refractivity contribution in [1.29, 1.82) is 0 Å². The van der Waals surface area contributed by atoms with Gasteiger partial charge in [0, 0.05) is 12.8 Å². The molecule has 1 aliphatic rings. The van der Waals surface area contributed by atoms with E-state index in [0.717, 1.165) is 0 Å². The number of aliphatic carboxylic acids is 1. The van der Waals surface area contributed by atoms with Crippen LogP contribution in [0.4, 0.5) is 0 Å². The normalized spacial score (nSPS) is 29.8. The number of carbonyl (C=O) groups is 2. The summed E-state index contributed by atoms with van der Waals surface area (Å²) in [6.07, 6.45) is 0.732. The van der Waals surface area contributed by atoms with Gasteiger partial charge in [0.1, 0.15) is 5.78 Å². The molecule has 0 amide bonds. The highest BCUT2D eigenvalue weighted by Crippen LogP contribution is 2.61. The van der Waals surface area contributed by atoms with Crippen LogP contribution in [0, 0.1) is 17.3 Å². The summed E-state index contributed by atoms with van der Waals surface area (Å²) in [6, 6.07) is 0. The number of Topliss-reactive ketones (excluding diaryl/α,β-unsaturated/α-hetero) is 1. The summed E-state index contributed by atoms with van der Waals surface area (Å²) < 4.78 is 0. The molecule has 1 aliphatic carbocycles. The number of carboxylic acids is 1. The quantitative estimate of drug-likeness (QED) is 0.723. The highest BCUT2D eigenvalue weighted by Gasteiger charge is 2.57. The van der Waals surface area contributed by atoms with Crippen molar-refractivity contribution >= 4 is 11.8 Å². The second-order valence-electron chi connectivity index (χ2n) is 4.54. The summed E-state index contributed by atoms with van der Waals surface area (Å²) in [5.41, 5.74) is 0.0457. The number of carboxylic acid groups (broad SMARTS) is 1. The van der Waals surface area contributed by atoms with Crippen molar-refractivity contribution in [2.75, 3.05) is 0 Å². The Morgan fingerprint density at radius 1 is 1.23 bits per heavy atom. The second-order valence-corrected chi connectivity index (χ2v) is 4.54. The summed E-state index contributed by atoms with van der Waals surface area (Å²) in [6.45, 7) is 5.63. The molecule has 3 nitrogen and oxygen atoms in total. The van der Waals surface area contributed by atoms with Crippen LogP contribution >= 0.6 is 0 Å². The van der Waals surface area contributed by atoms with E-state index in [2.05, 4.69) is 0 Å². The van der Waals surface area contributed by atoms with Gasteiger partial charge in [-0.25, -0.2) is 0 Å². The lowest BCUT2D eigenvalue weighted by molar-refractivity contribution is -0.137. The zero-order chi connectivity index (χ0) is 10.2. The van der Waals surface area contributed by atoms with Gasteiger partial charge in [0.25, 0.3) is 0 Å². The fraction of sp³-hybridized carbons (Fsp3) is 0.800. The maximum absolute atomic E-state index is 10.9. The highest BCUT2D eigenvalue weighted by atomic mass is 16.4. The second kappa shape index (κ2) is 3.13. The van der Waals surface area contributed by atoms with Gasteiger partial charge in [0.15, 0.2) is 0 Å². The minimum absolute atomic E-state index is 0.0457. The lowest BCUT2D eigenvalue weighted by atomic mass is 10.1. The molecule has 0 spiro atoms. The maximum Gasteiger partial charge on any atom is 0.303 e. The molecule has 1 saturated carbocycles. The van der Waals surface area contributed by atoms with Gasteiger partial charge in [-0.1, -0.05) is 13.8 Å². The molecule has 1 rings (SSSR count). The number of rotatable bonds is 4. The van der Waals surface area contributed by atoms with E-state index < -0.39 is 5.97 Å². The first-order chi connectivity index (χ1) is 5.85. The zero-order valence-electron chi connectivity index (χ0n) is 8.33. The molecule has 3 heteroatoms. The van der Waals surface area contributed by atoms with E-state index in [-0.39, 0.29) is 29.5 Å². The zero-order valence-corrected chi connectivity index (χ0v) is 8.33. The first kappa shape index (κ1) is 10.2. The Bertz CT molecular complexity index is 219. The van der Waals surface area contributed by atoms with Crippen LogP contribution in [0.2, 0.25) is 0 Å². The number of hydrogen-bond donors (Lipinski definition) is 1. The van der Waals surface area contributed by atoms with E-state index in [1.54, 1.807) is 6.92 Å². The third-order valence-corrected chi connectivity index (χ3v) is 3.19. The van der Waals surface area contributed by atoms with Gasteiger partial charge in [-0.2, -0.15) is 0 Å². The number of hydrogen-bond acceptors (Lipinski definition) is 2. The van der Waals surface area contributed by atoms with Gasteiger partial charge in [-0.05, 0) is 24.2 Å². The Balaban J connectivity index is 2.50. The monoisotopic (exact) mass is 184 g/mol. The Hall–Kier alpha value is -0.860. The molecule has 74 valence electrons. The van der Waals surface area contributed by atoms with E-state index in [1.165, 1.54) is 0 Å². The third kappa shape index (κ3) is 2.08. The molecular weight excluding hydrogens is 168 g/mol. The first-order valence-corrected chi connectivity index (χ1v) is 4.57. The van der Waals surface area contributed by atoms with Gasteiger partial charge >= 0.3 is 5.97 Å². The van der Waals surface area contributed by atoms with Crippen LogP contribution in [0.1, 0.15) is 33.6 Å². The Kier molecular flexibility index (Phi) is 2.46. The van der Waals surface area contributed by atoms with Crippen molar-refractivity contribution in [3.8, 4) is 0 Å². The SMILES string of the molecule is CC(=O)CC1[C@@H](CC(=O)O)C1(C)C. The fourth-order valence-corrected chi connectivity index (χ4v) is 2.17. The van der Waals surface area contributed by atoms with Crippen molar-refractivity contribution < 1.29 is 14.7 Å². The van der Waals surface area contributed by atoms with Crippen LogP contribution in [0.5, 0.6) is 0 Å². The summed E-state index contributed by atoms with van der Waals surface area (Å²) in [5, 5.41) is 8.62. The lowest BCUT2D eigenvalue weighted by Crippen LogP contribution is -1.99. The largest absolute Gasteiger partial charge is 0.481 e. The molecule has 0 bridgehead atoms. The van der Waals surface area contributed by atoms with Gasteiger partial charge in [0.2, 0.25) is 0 Å². The average molecular weight is 184 g/mol. The Labute approximate surface area is 78.1 Å². The predicted octanol–water partition coefficient (Wildman–Crippen LogP) is 1.71. The smallest absolute Gasteiger partial charge is 0.303 e. The van der Waals surface area contributed by atoms with E-state index >= 15 is 0 Å². The molecule has 0 aromatic carbocycles. The van der Waals surface area contributed by atoms with Crippen LogP contribution in [0.15, 0.2) is 0 Å². The first-order valence-electron chi connectivity index (χ1n) is 4.57. The molecule has 0 heterocycles. The van der Waals surface area contributed by atoms with Gasteiger partial charge < -0.3 is 9.90 Å². The molecule has 0 aromatic heterocycles. The molecule has 1 N–H and O–H groups in total. The summed E-state index contributed by atoms with van der Waals surface area (Å²) >= 11 is 0. The molecular formula is C10H16O3. The van der Waals surface area contributed by atoms with Crippen molar-refractivity contribution in [2.24, 2.45) is 17.3 Å². The standard InChI is InChI=1S/C10H16O3/c1-6(11)4-7-8(5-9(12)13)10(7,2)3/h7-8H,4-5H2,1-3H3,(H,12,13)/t7?,8-/m1/s1. The minimum Gasteiger partial charge on any atom is -0.481 e. The van der Waals surface area contributed by atoms with E-state index in [9.17, 15) is 9.59 Å². The predicted molar refractivity (Wildman–Crippen MR) is 48.3 cm³/mol. The summed E-state index contributed by atoms with van der Waals surface area (Å²) in [5.74, 6) is -0.134. The van der Waals surface area contributed by atoms with Crippen molar-refractivity contribution in [1.82, 2.24) is 0 Å². The van der Waals surface area contributed by atoms with Gasteiger partial charge in [0.05, 0.1) is 0 Å². The van der Waals surface area contributed by atoms with Crippen molar-refractivity contribution in [2.45, 2.75) is 33.6 Å². The summed E-state index contributed by atoms with van der Waals surface area (Å²) in [4.78, 5) is 21.3. The summed E-state index contributed by atoms with van der Waals surface area (Å²) in [7, 11) is 0. The van der Waals surface area contributed by atoms with Gasteiger partial charge in [-0.3, -0.25) is 4.79 Å². The molecule has 1 unspecified atom stereocenters. The van der Waals surface area contributed by atoms with E-state index in [0.29, 0.717) is 6.42 Å². The Morgan fingerprint density at radius 2 is 1.69 bits per heavy atom. The molecule has 0 aliphatic heterocycles. The highest BCUT2D eigenvalue weighted by molar-refractivity contribution is 5.76. The molecule has 1 fully saturated rings. The van der Waals surface area contributed by atoms with Crippen LogP contribution in [-0.4, -0.2) is 16.9 Å². The number of ketones is 1. The Morgan fingerprint density at radius 3 is 2.08 bits per heavy atom. The minimum atomic E-state index is -0.760. The molecule has 0 aromatic rings. The lowest BCUT2D eigenvalue weighted by Gasteiger charge is -1.99. The van der Waals surface area contributed by atoms with Crippen LogP contribution < -0.4 is 0 Å². The number of carbonyl (C=O) groups excluding carboxylic acids is 1. The van der Waals surface area contributed by atoms with Crippen molar-refractivity contribution in [3.63, 3.8) is 0 Å². The van der Waals surface area contributed by atoms with Crippen LogP contribution in [0.25, 0.3) is 0 Å². The van der Waals surface area contributed by atoms with Crippen LogP contribution in [-0.2, 0) is 9.59 Å².